The third-order valence-electron chi connectivity index (χ3n) is 3.38. The molecule has 1 aliphatic carbocycles. The van der Waals surface area contributed by atoms with Crippen LogP contribution < -0.4 is 0 Å². The number of aryl methyl sites for hydroxylation is 1. The Morgan fingerprint density at radius 3 is 2.94 bits per heavy atom. The smallest absolute Gasteiger partial charge is 0.0345 e. The molecule has 1 saturated carbocycles. The summed E-state index contributed by atoms with van der Waals surface area (Å²) in [5, 5.41) is 3.79. The molecule has 3 rings (SSSR count). The van der Waals surface area contributed by atoms with Crippen molar-refractivity contribution < 1.29 is 0 Å². The largest absolute Gasteiger partial charge is 0.144 e. The number of hydrogen-bond acceptors (Lipinski definition) is 1. The molecular weight excluding hydrogens is 280 g/mol. The Morgan fingerprint density at radius 2 is 2.12 bits per heavy atom. The Kier molecular flexibility index (Phi) is 3.03. The Morgan fingerprint density at radius 1 is 1.31 bits per heavy atom. The van der Waals surface area contributed by atoms with E-state index in [-0.39, 0.29) is 0 Å². The maximum absolute atomic E-state index is 3.82. The van der Waals surface area contributed by atoms with E-state index in [1.165, 1.54) is 41.3 Å². The maximum atomic E-state index is 3.82. The van der Waals surface area contributed by atoms with Crippen molar-refractivity contribution in [2.24, 2.45) is 5.92 Å². The molecule has 0 aliphatic heterocycles. The van der Waals surface area contributed by atoms with Gasteiger partial charge in [0.25, 0.3) is 0 Å². The fraction of sp³-hybridized carbons (Fsp3) is 0.429. The van der Waals surface area contributed by atoms with Crippen molar-refractivity contribution >= 4 is 37.4 Å². The summed E-state index contributed by atoms with van der Waals surface area (Å²) in [5.41, 5.74) is 1.53. The quantitative estimate of drug-likeness (QED) is 0.696. The molecule has 1 atom stereocenters. The number of thiophene rings is 1. The summed E-state index contributed by atoms with van der Waals surface area (Å²) in [6.07, 6.45) is 5.36. The number of hydrogen-bond donors (Lipinski definition) is 0. The van der Waals surface area contributed by atoms with E-state index < -0.39 is 0 Å². The van der Waals surface area contributed by atoms with Gasteiger partial charge in [0.2, 0.25) is 0 Å². The first-order valence-corrected chi connectivity index (χ1v) is 7.73. The van der Waals surface area contributed by atoms with Crippen LogP contribution in [0.25, 0.3) is 10.1 Å². The van der Waals surface area contributed by atoms with Crippen LogP contribution in [-0.2, 0) is 6.42 Å². The fourth-order valence-electron chi connectivity index (χ4n) is 2.21. The van der Waals surface area contributed by atoms with E-state index in [0.717, 1.165) is 10.7 Å². The second kappa shape index (κ2) is 4.50. The lowest BCUT2D eigenvalue weighted by molar-refractivity contribution is 0.699. The molecule has 0 saturated heterocycles. The average Bonchev–Trinajstić information content (AvgIpc) is 3.08. The summed E-state index contributed by atoms with van der Waals surface area (Å²) in [6.45, 7) is 0. The topological polar surface area (TPSA) is 0 Å². The number of alkyl halides is 1. The zero-order chi connectivity index (χ0) is 11.0. The van der Waals surface area contributed by atoms with E-state index in [1.807, 2.05) is 11.3 Å². The van der Waals surface area contributed by atoms with E-state index in [2.05, 4.69) is 45.6 Å². The summed E-state index contributed by atoms with van der Waals surface area (Å²) in [5.74, 6) is 0.963. The van der Waals surface area contributed by atoms with Crippen molar-refractivity contribution in [3.8, 4) is 0 Å². The third kappa shape index (κ3) is 2.18. The van der Waals surface area contributed by atoms with Crippen LogP contribution in [-0.4, -0.2) is 4.83 Å². The summed E-state index contributed by atoms with van der Waals surface area (Å²) >= 11 is 5.69. The number of halogens is 1. The van der Waals surface area contributed by atoms with E-state index in [1.54, 1.807) is 0 Å². The van der Waals surface area contributed by atoms with Gasteiger partial charge in [-0.1, -0.05) is 34.1 Å². The molecule has 0 radical (unpaired) electrons. The fourth-order valence-corrected chi connectivity index (χ4v) is 3.97. The average molecular weight is 295 g/mol. The number of benzene rings is 1. The van der Waals surface area contributed by atoms with Crippen LogP contribution >= 0.6 is 27.3 Å². The first-order valence-electron chi connectivity index (χ1n) is 5.94. The summed E-state index contributed by atoms with van der Waals surface area (Å²) in [6, 6.07) is 8.74. The molecule has 0 nitrogen and oxygen atoms in total. The molecule has 0 spiro atoms. The molecule has 1 aromatic carbocycles. The molecular formula is C14H15BrS. The van der Waals surface area contributed by atoms with Gasteiger partial charge in [0.15, 0.2) is 0 Å². The van der Waals surface area contributed by atoms with Gasteiger partial charge in [-0.25, -0.2) is 0 Å². The van der Waals surface area contributed by atoms with Crippen molar-refractivity contribution in [2.75, 3.05) is 0 Å². The second-order valence-electron chi connectivity index (χ2n) is 4.65. The number of rotatable bonds is 4. The zero-order valence-electron chi connectivity index (χ0n) is 9.16. The van der Waals surface area contributed by atoms with E-state index >= 15 is 0 Å². The van der Waals surface area contributed by atoms with Crippen molar-refractivity contribution in [1.82, 2.24) is 0 Å². The molecule has 0 amide bonds. The molecule has 1 fully saturated rings. The van der Waals surface area contributed by atoms with Crippen LogP contribution in [0.3, 0.4) is 0 Å². The molecule has 1 aliphatic rings. The normalized spacial score (nSPS) is 17.8. The van der Waals surface area contributed by atoms with Crippen LogP contribution in [0.5, 0.6) is 0 Å². The van der Waals surface area contributed by atoms with Gasteiger partial charge in [-0.3, -0.25) is 0 Å². The van der Waals surface area contributed by atoms with Gasteiger partial charge in [0.1, 0.15) is 0 Å². The van der Waals surface area contributed by atoms with Crippen LogP contribution in [0.4, 0.5) is 0 Å². The number of fused-ring (bicyclic) bond motifs is 1. The summed E-state index contributed by atoms with van der Waals surface area (Å²) < 4.78 is 1.43. The lowest BCUT2D eigenvalue weighted by Crippen LogP contribution is -2.01. The predicted octanol–water partition coefficient (Wildman–Crippen LogP) is 5.01. The Bertz CT molecular complexity index is 484. The van der Waals surface area contributed by atoms with Crippen molar-refractivity contribution in [2.45, 2.75) is 30.5 Å². The third-order valence-corrected chi connectivity index (χ3v) is 5.60. The van der Waals surface area contributed by atoms with Crippen LogP contribution in [0.1, 0.15) is 24.8 Å². The minimum atomic E-state index is 0.742. The van der Waals surface area contributed by atoms with Gasteiger partial charge in [-0.15, -0.1) is 11.3 Å². The van der Waals surface area contributed by atoms with Gasteiger partial charge in [-0.05, 0) is 54.0 Å². The molecule has 84 valence electrons. The Balaban J connectivity index is 1.73. The summed E-state index contributed by atoms with van der Waals surface area (Å²) in [7, 11) is 0. The molecule has 16 heavy (non-hydrogen) atoms. The maximum Gasteiger partial charge on any atom is 0.0345 e. The zero-order valence-corrected chi connectivity index (χ0v) is 11.6. The second-order valence-corrected chi connectivity index (χ2v) is 6.74. The van der Waals surface area contributed by atoms with E-state index in [4.69, 9.17) is 0 Å². The molecule has 0 N–H and O–H groups in total. The van der Waals surface area contributed by atoms with Gasteiger partial charge < -0.3 is 0 Å². The molecule has 2 heteroatoms. The Hall–Kier alpha value is -0.340. The van der Waals surface area contributed by atoms with Crippen LogP contribution in [0.15, 0.2) is 29.6 Å². The van der Waals surface area contributed by atoms with E-state index in [9.17, 15) is 0 Å². The van der Waals surface area contributed by atoms with Gasteiger partial charge in [0, 0.05) is 9.53 Å². The monoisotopic (exact) mass is 294 g/mol. The highest BCUT2D eigenvalue weighted by atomic mass is 79.9. The van der Waals surface area contributed by atoms with Crippen LogP contribution in [0.2, 0.25) is 0 Å². The first kappa shape index (κ1) is 10.8. The Labute approximate surface area is 109 Å². The van der Waals surface area contributed by atoms with Gasteiger partial charge >= 0.3 is 0 Å². The standard InChI is InChI=1S/C14H15BrS/c15-13(10-5-6-10)8-7-11-9-16-14-4-2-1-3-12(11)14/h1-4,9-10,13H,5-8H2. The van der Waals surface area contributed by atoms with E-state index in [0.29, 0.717) is 0 Å². The first-order chi connectivity index (χ1) is 7.84. The molecule has 1 unspecified atom stereocenters. The summed E-state index contributed by atoms with van der Waals surface area (Å²) in [4.78, 5) is 0.742. The van der Waals surface area contributed by atoms with Crippen molar-refractivity contribution in [3.05, 3.63) is 35.2 Å². The van der Waals surface area contributed by atoms with Gasteiger partial charge in [-0.2, -0.15) is 0 Å². The van der Waals surface area contributed by atoms with Gasteiger partial charge in [0.05, 0.1) is 0 Å². The lowest BCUT2D eigenvalue weighted by Gasteiger charge is -2.06. The molecule has 0 bridgehead atoms. The highest BCUT2D eigenvalue weighted by molar-refractivity contribution is 9.09. The van der Waals surface area contributed by atoms with Crippen molar-refractivity contribution in [1.29, 1.82) is 0 Å². The highest BCUT2D eigenvalue weighted by Gasteiger charge is 2.28. The minimum absolute atomic E-state index is 0.742. The van der Waals surface area contributed by atoms with Crippen molar-refractivity contribution in [3.63, 3.8) is 0 Å². The lowest BCUT2D eigenvalue weighted by atomic mass is 10.1. The van der Waals surface area contributed by atoms with Crippen LogP contribution in [0, 0.1) is 5.92 Å². The SMILES string of the molecule is BrC(CCc1csc2ccccc12)C1CC1. The molecule has 1 heterocycles. The predicted molar refractivity (Wildman–Crippen MR) is 75.6 cm³/mol. The minimum Gasteiger partial charge on any atom is -0.144 e. The molecule has 2 aromatic rings. The molecule has 1 aromatic heterocycles. The highest BCUT2D eigenvalue weighted by Crippen LogP contribution is 2.39.